The Morgan fingerprint density at radius 3 is 2.64 bits per heavy atom. The van der Waals surface area contributed by atoms with Gasteiger partial charge in [-0.25, -0.2) is 4.98 Å². The minimum Gasteiger partial charge on any atom is -0.307 e. The number of aryl methyl sites for hydroxylation is 1. The number of amides is 1. The van der Waals surface area contributed by atoms with E-state index in [-0.39, 0.29) is 11.8 Å². The highest BCUT2D eigenvalue weighted by Gasteiger charge is 2.26. The third-order valence-corrected chi connectivity index (χ3v) is 4.93. The molecule has 3 rings (SSSR count). The molecule has 4 heteroatoms. The molecular weight excluding hydrogens is 274 g/mol. The maximum atomic E-state index is 12.4. The van der Waals surface area contributed by atoms with Gasteiger partial charge in [-0.3, -0.25) is 10.1 Å². The number of hydrogen-bond acceptors (Lipinski definition) is 2. The van der Waals surface area contributed by atoms with Crippen molar-refractivity contribution in [2.24, 2.45) is 11.8 Å². The third kappa shape index (κ3) is 2.62. The summed E-state index contributed by atoms with van der Waals surface area (Å²) in [5, 5.41) is 3.06. The Labute approximate surface area is 131 Å². The molecule has 0 aliphatic heterocycles. The predicted molar refractivity (Wildman–Crippen MR) is 90.0 cm³/mol. The van der Waals surface area contributed by atoms with E-state index >= 15 is 0 Å². The highest BCUT2D eigenvalue weighted by atomic mass is 16.2. The third-order valence-electron chi connectivity index (χ3n) is 4.93. The average Bonchev–Trinajstić information content (AvgIpc) is 2.74. The van der Waals surface area contributed by atoms with Crippen molar-refractivity contribution in [1.29, 1.82) is 0 Å². The highest BCUT2D eigenvalue weighted by molar-refractivity contribution is 5.93. The van der Waals surface area contributed by atoms with Crippen LogP contribution in [0.25, 0.3) is 11.0 Å². The van der Waals surface area contributed by atoms with Crippen molar-refractivity contribution < 1.29 is 4.79 Å². The summed E-state index contributed by atoms with van der Waals surface area (Å²) in [6.07, 6.45) is 3.59. The molecule has 1 aliphatic carbocycles. The van der Waals surface area contributed by atoms with E-state index in [4.69, 9.17) is 0 Å². The fourth-order valence-corrected chi connectivity index (χ4v) is 2.83. The van der Waals surface area contributed by atoms with Crippen molar-refractivity contribution in [3.8, 4) is 0 Å². The number of anilines is 1. The zero-order chi connectivity index (χ0) is 15.9. The van der Waals surface area contributed by atoms with Crippen LogP contribution in [0.2, 0.25) is 0 Å². The van der Waals surface area contributed by atoms with Crippen LogP contribution in [-0.2, 0) is 4.79 Å². The van der Waals surface area contributed by atoms with Crippen molar-refractivity contribution in [3.05, 3.63) is 23.8 Å². The number of carbonyl (C=O) groups excluding carboxylic acids is 1. The number of nitrogens with zero attached hydrogens (tertiary/aromatic N) is 2. The van der Waals surface area contributed by atoms with Gasteiger partial charge in [0, 0.05) is 12.0 Å². The number of fused-ring (bicyclic) bond motifs is 1. The van der Waals surface area contributed by atoms with E-state index in [0.29, 0.717) is 17.9 Å². The van der Waals surface area contributed by atoms with Crippen molar-refractivity contribution in [3.63, 3.8) is 0 Å². The lowest BCUT2D eigenvalue weighted by atomic mass is 9.92. The molecule has 1 aromatic heterocycles. The van der Waals surface area contributed by atoms with Gasteiger partial charge in [0.05, 0.1) is 11.0 Å². The molecule has 1 aliphatic rings. The van der Waals surface area contributed by atoms with E-state index < -0.39 is 0 Å². The molecule has 22 heavy (non-hydrogen) atoms. The molecule has 0 unspecified atom stereocenters. The van der Waals surface area contributed by atoms with E-state index in [0.717, 1.165) is 11.0 Å². The summed E-state index contributed by atoms with van der Waals surface area (Å²) < 4.78 is 2.23. The van der Waals surface area contributed by atoms with Gasteiger partial charge in [0.15, 0.2) is 0 Å². The number of hydrogen-bond donors (Lipinski definition) is 1. The molecule has 1 fully saturated rings. The quantitative estimate of drug-likeness (QED) is 0.915. The Hall–Kier alpha value is -1.84. The second-order valence-corrected chi connectivity index (χ2v) is 6.90. The zero-order valence-electron chi connectivity index (χ0n) is 13.9. The van der Waals surface area contributed by atoms with Gasteiger partial charge in [-0.05, 0) is 49.8 Å². The molecule has 0 radical (unpaired) electrons. The molecule has 118 valence electrons. The van der Waals surface area contributed by atoms with Crippen molar-refractivity contribution in [2.75, 3.05) is 5.32 Å². The van der Waals surface area contributed by atoms with Gasteiger partial charge in [0.2, 0.25) is 11.9 Å². The molecule has 0 saturated heterocycles. The van der Waals surface area contributed by atoms with E-state index in [2.05, 4.69) is 47.8 Å². The Morgan fingerprint density at radius 2 is 2.05 bits per heavy atom. The fraction of sp³-hybridized carbons (Fsp3) is 0.556. The summed E-state index contributed by atoms with van der Waals surface area (Å²) in [5.41, 5.74) is 3.32. The lowest BCUT2D eigenvalue weighted by Crippen LogP contribution is -2.27. The first kappa shape index (κ1) is 15.1. The Bertz CT molecular complexity index is 698. The van der Waals surface area contributed by atoms with Crippen molar-refractivity contribution >= 4 is 22.9 Å². The average molecular weight is 299 g/mol. The van der Waals surface area contributed by atoms with Crippen LogP contribution in [0.1, 0.15) is 51.6 Å². The molecule has 0 spiro atoms. The molecule has 1 N–H and O–H groups in total. The van der Waals surface area contributed by atoms with Crippen molar-refractivity contribution in [1.82, 2.24) is 9.55 Å². The van der Waals surface area contributed by atoms with Crippen LogP contribution in [0.4, 0.5) is 5.95 Å². The van der Waals surface area contributed by atoms with Crippen molar-refractivity contribution in [2.45, 2.75) is 53.0 Å². The van der Waals surface area contributed by atoms with Gasteiger partial charge in [-0.15, -0.1) is 0 Å². The summed E-state index contributed by atoms with van der Waals surface area (Å²) in [6, 6.07) is 6.75. The minimum atomic E-state index is -0.0172. The maximum absolute atomic E-state index is 12.4. The molecule has 2 aromatic rings. The van der Waals surface area contributed by atoms with Gasteiger partial charge in [0.25, 0.3) is 0 Å². The molecule has 1 aromatic carbocycles. The second kappa shape index (κ2) is 5.75. The largest absolute Gasteiger partial charge is 0.307 e. The lowest BCUT2D eigenvalue weighted by Gasteiger charge is -2.29. The molecule has 4 nitrogen and oxygen atoms in total. The van der Waals surface area contributed by atoms with Crippen LogP contribution in [0.5, 0.6) is 0 Å². The smallest absolute Gasteiger partial charge is 0.229 e. The zero-order valence-corrected chi connectivity index (χ0v) is 13.9. The summed E-state index contributed by atoms with van der Waals surface area (Å²) >= 11 is 0. The first-order chi connectivity index (χ1) is 10.5. The number of rotatable bonds is 4. The van der Waals surface area contributed by atoms with Crippen LogP contribution in [0.3, 0.4) is 0 Å². The normalized spacial score (nSPS) is 16.8. The topological polar surface area (TPSA) is 46.9 Å². The maximum Gasteiger partial charge on any atom is 0.229 e. The molecule has 1 saturated carbocycles. The van der Waals surface area contributed by atoms with Gasteiger partial charge >= 0.3 is 0 Å². The lowest BCUT2D eigenvalue weighted by molar-refractivity contribution is -0.120. The first-order valence-electron chi connectivity index (χ1n) is 8.27. The highest BCUT2D eigenvalue weighted by Crippen LogP contribution is 2.37. The summed E-state index contributed by atoms with van der Waals surface area (Å²) in [6.45, 7) is 8.21. The van der Waals surface area contributed by atoms with Crippen LogP contribution < -0.4 is 5.32 Å². The minimum absolute atomic E-state index is 0.0172. The Morgan fingerprint density at radius 1 is 1.32 bits per heavy atom. The molecule has 0 bridgehead atoms. The first-order valence-corrected chi connectivity index (χ1v) is 8.27. The number of nitrogens with one attached hydrogen (secondary N) is 1. The Kier molecular flexibility index (Phi) is 3.94. The molecule has 1 atom stereocenters. The summed E-state index contributed by atoms with van der Waals surface area (Å²) in [5.74, 6) is 1.07. The summed E-state index contributed by atoms with van der Waals surface area (Å²) in [4.78, 5) is 17.1. The predicted octanol–water partition coefficient (Wildman–Crippen LogP) is 4.30. The van der Waals surface area contributed by atoms with Gasteiger partial charge < -0.3 is 4.57 Å². The second-order valence-electron chi connectivity index (χ2n) is 6.90. The SMILES string of the molecule is Cc1ccc2nc(NC(=O)[C@@H](C)C(C)C)n(C3CCC3)c2c1. The monoisotopic (exact) mass is 299 g/mol. The molecule has 1 amide bonds. The van der Waals surface area contributed by atoms with E-state index in [1.54, 1.807) is 0 Å². The van der Waals surface area contributed by atoms with Crippen LogP contribution in [0.15, 0.2) is 18.2 Å². The van der Waals surface area contributed by atoms with Crippen LogP contribution >= 0.6 is 0 Å². The van der Waals surface area contributed by atoms with Gasteiger partial charge in [-0.2, -0.15) is 0 Å². The van der Waals surface area contributed by atoms with E-state index in [1.807, 2.05) is 13.0 Å². The van der Waals surface area contributed by atoms with E-state index in [1.165, 1.54) is 24.8 Å². The van der Waals surface area contributed by atoms with Gasteiger partial charge in [-0.1, -0.05) is 26.8 Å². The number of benzene rings is 1. The summed E-state index contributed by atoms with van der Waals surface area (Å²) in [7, 11) is 0. The molecular formula is C18H25N3O. The van der Waals surface area contributed by atoms with Crippen LogP contribution in [0, 0.1) is 18.8 Å². The molecule has 1 heterocycles. The fourth-order valence-electron chi connectivity index (χ4n) is 2.83. The van der Waals surface area contributed by atoms with Crippen LogP contribution in [-0.4, -0.2) is 15.5 Å². The van der Waals surface area contributed by atoms with E-state index in [9.17, 15) is 4.79 Å². The van der Waals surface area contributed by atoms with Gasteiger partial charge in [0.1, 0.15) is 0 Å². The standard InChI is InChI=1S/C18H25N3O/c1-11(2)13(4)17(22)20-18-19-15-9-8-12(3)10-16(15)21(18)14-6-5-7-14/h8-11,13-14H,5-7H2,1-4H3,(H,19,20,22)/t13-/m0/s1. The number of aromatic nitrogens is 2. The number of carbonyl (C=O) groups is 1. The Balaban J connectivity index is 1.99. The number of imidazole rings is 1.